The van der Waals surface area contributed by atoms with Crippen LogP contribution in [0.15, 0.2) is 24.7 Å². The molecule has 2 heterocycles. The Labute approximate surface area is 92.1 Å². The number of nitrogens with one attached hydrogen (secondary N) is 1. The van der Waals surface area contributed by atoms with Crippen molar-refractivity contribution in [2.45, 2.75) is 6.54 Å². The summed E-state index contributed by atoms with van der Waals surface area (Å²) in [7, 11) is 1.82. The van der Waals surface area contributed by atoms with Crippen molar-refractivity contribution in [1.29, 1.82) is 0 Å². The molecule has 0 amide bonds. The zero-order chi connectivity index (χ0) is 10.7. The van der Waals surface area contributed by atoms with Crippen molar-refractivity contribution >= 4 is 17.4 Å². The third kappa shape index (κ3) is 2.44. The Morgan fingerprint density at radius 3 is 3.00 bits per heavy atom. The number of aryl methyl sites for hydroxylation is 1. The highest BCUT2D eigenvalue weighted by molar-refractivity contribution is 6.32. The van der Waals surface area contributed by atoms with Crippen molar-refractivity contribution in [3.05, 3.63) is 35.5 Å². The number of anilines is 1. The molecule has 0 bridgehead atoms. The SMILES string of the molecule is Cn1cnc(CNc2ncccc2Cl)n1. The van der Waals surface area contributed by atoms with Crippen LogP contribution >= 0.6 is 11.6 Å². The summed E-state index contributed by atoms with van der Waals surface area (Å²) >= 11 is 5.92. The molecule has 0 fully saturated rings. The molecule has 0 aliphatic rings. The van der Waals surface area contributed by atoms with E-state index >= 15 is 0 Å². The lowest BCUT2D eigenvalue weighted by Crippen LogP contribution is -2.04. The Morgan fingerprint density at radius 1 is 1.47 bits per heavy atom. The van der Waals surface area contributed by atoms with Crippen LogP contribution < -0.4 is 5.32 Å². The zero-order valence-corrected chi connectivity index (χ0v) is 8.94. The molecule has 0 saturated heterocycles. The molecule has 6 heteroatoms. The maximum Gasteiger partial charge on any atom is 0.169 e. The Hall–Kier alpha value is -1.62. The van der Waals surface area contributed by atoms with E-state index in [1.807, 2.05) is 7.05 Å². The van der Waals surface area contributed by atoms with Crippen LogP contribution in [0.3, 0.4) is 0 Å². The number of hydrogen-bond donors (Lipinski definition) is 1. The Bertz CT molecular complexity index is 453. The lowest BCUT2D eigenvalue weighted by atomic mass is 10.4. The van der Waals surface area contributed by atoms with Gasteiger partial charge in [-0.2, -0.15) is 5.10 Å². The van der Waals surface area contributed by atoms with Gasteiger partial charge in [0.2, 0.25) is 0 Å². The molecule has 0 aliphatic carbocycles. The summed E-state index contributed by atoms with van der Waals surface area (Å²) in [6.07, 6.45) is 3.33. The highest BCUT2D eigenvalue weighted by Crippen LogP contribution is 2.17. The number of hydrogen-bond acceptors (Lipinski definition) is 4. The van der Waals surface area contributed by atoms with Crippen LogP contribution in [-0.2, 0) is 13.6 Å². The van der Waals surface area contributed by atoms with E-state index in [0.717, 1.165) is 0 Å². The summed E-state index contributed by atoms with van der Waals surface area (Å²) in [6.45, 7) is 0.511. The molecule has 15 heavy (non-hydrogen) atoms. The van der Waals surface area contributed by atoms with E-state index in [4.69, 9.17) is 11.6 Å². The van der Waals surface area contributed by atoms with Crippen LogP contribution in [0.4, 0.5) is 5.82 Å². The number of halogens is 1. The topological polar surface area (TPSA) is 55.6 Å². The fraction of sp³-hybridized carbons (Fsp3) is 0.222. The molecular weight excluding hydrogens is 214 g/mol. The van der Waals surface area contributed by atoms with Gasteiger partial charge in [0, 0.05) is 13.2 Å². The largest absolute Gasteiger partial charge is 0.361 e. The van der Waals surface area contributed by atoms with Gasteiger partial charge in [0.1, 0.15) is 12.1 Å². The number of rotatable bonds is 3. The third-order valence-corrected chi connectivity index (χ3v) is 2.12. The number of pyridine rings is 1. The molecule has 0 saturated carbocycles. The Kier molecular flexibility index (Phi) is 2.82. The highest BCUT2D eigenvalue weighted by Gasteiger charge is 2.02. The van der Waals surface area contributed by atoms with E-state index in [1.165, 1.54) is 0 Å². The summed E-state index contributed by atoms with van der Waals surface area (Å²) in [5, 5.41) is 7.78. The van der Waals surface area contributed by atoms with Crippen molar-refractivity contribution in [1.82, 2.24) is 19.7 Å². The molecule has 5 nitrogen and oxygen atoms in total. The fourth-order valence-electron chi connectivity index (χ4n) is 1.14. The number of aromatic nitrogens is 4. The maximum absolute atomic E-state index is 5.92. The molecule has 2 aromatic rings. The average molecular weight is 224 g/mol. The van der Waals surface area contributed by atoms with E-state index in [2.05, 4.69) is 20.4 Å². The summed E-state index contributed by atoms with van der Waals surface area (Å²) in [5.41, 5.74) is 0. The van der Waals surface area contributed by atoms with Crippen LogP contribution in [0.5, 0.6) is 0 Å². The maximum atomic E-state index is 5.92. The molecule has 2 aromatic heterocycles. The second-order valence-electron chi connectivity index (χ2n) is 3.02. The van der Waals surface area contributed by atoms with Gasteiger partial charge in [0.05, 0.1) is 11.6 Å². The van der Waals surface area contributed by atoms with Crippen molar-refractivity contribution < 1.29 is 0 Å². The van der Waals surface area contributed by atoms with Gasteiger partial charge < -0.3 is 5.32 Å². The van der Waals surface area contributed by atoms with Crippen molar-refractivity contribution in [3.63, 3.8) is 0 Å². The molecule has 78 valence electrons. The predicted molar refractivity (Wildman–Crippen MR) is 57.6 cm³/mol. The lowest BCUT2D eigenvalue weighted by Gasteiger charge is -2.03. The first-order valence-electron chi connectivity index (χ1n) is 4.44. The smallest absolute Gasteiger partial charge is 0.169 e. The van der Waals surface area contributed by atoms with Gasteiger partial charge in [0.25, 0.3) is 0 Å². The first kappa shape index (κ1) is 9.92. The quantitative estimate of drug-likeness (QED) is 0.856. The molecule has 0 unspecified atom stereocenters. The van der Waals surface area contributed by atoms with Crippen molar-refractivity contribution in [2.24, 2.45) is 7.05 Å². The fourth-order valence-corrected chi connectivity index (χ4v) is 1.33. The van der Waals surface area contributed by atoms with Gasteiger partial charge >= 0.3 is 0 Å². The summed E-state index contributed by atoms with van der Waals surface area (Å²) in [4.78, 5) is 8.17. The third-order valence-electron chi connectivity index (χ3n) is 1.82. The Balaban J connectivity index is 2.02. The number of nitrogens with zero attached hydrogens (tertiary/aromatic N) is 4. The lowest BCUT2D eigenvalue weighted by molar-refractivity contribution is 0.747. The second-order valence-corrected chi connectivity index (χ2v) is 3.43. The van der Waals surface area contributed by atoms with Crippen LogP contribution in [0, 0.1) is 0 Å². The van der Waals surface area contributed by atoms with Gasteiger partial charge in [-0.05, 0) is 12.1 Å². The minimum Gasteiger partial charge on any atom is -0.361 e. The molecule has 0 aromatic carbocycles. The summed E-state index contributed by atoms with van der Waals surface area (Å²) in [5.74, 6) is 1.35. The molecule has 0 radical (unpaired) electrons. The molecule has 0 spiro atoms. The minimum absolute atomic E-state index is 0.511. The van der Waals surface area contributed by atoms with Crippen LogP contribution in [0.25, 0.3) is 0 Å². The molecule has 0 aliphatic heterocycles. The van der Waals surface area contributed by atoms with Crippen LogP contribution in [-0.4, -0.2) is 19.7 Å². The Morgan fingerprint density at radius 2 is 2.33 bits per heavy atom. The van der Waals surface area contributed by atoms with E-state index < -0.39 is 0 Å². The zero-order valence-electron chi connectivity index (χ0n) is 8.18. The van der Waals surface area contributed by atoms with Gasteiger partial charge in [-0.1, -0.05) is 11.6 Å². The monoisotopic (exact) mass is 223 g/mol. The van der Waals surface area contributed by atoms with Crippen LogP contribution in [0.2, 0.25) is 5.02 Å². The van der Waals surface area contributed by atoms with E-state index in [1.54, 1.807) is 29.3 Å². The normalized spacial score (nSPS) is 10.3. The van der Waals surface area contributed by atoms with E-state index in [0.29, 0.717) is 23.2 Å². The van der Waals surface area contributed by atoms with E-state index in [9.17, 15) is 0 Å². The summed E-state index contributed by atoms with van der Waals surface area (Å²) < 4.78 is 1.65. The van der Waals surface area contributed by atoms with Crippen molar-refractivity contribution in [2.75, 3.05) is 5.32 Å². The average Bonchev–Trinajstić information content (AvgIpc) is 2.63. The van der Waals surface area contributed by atoms with E-state index in [-0.39, 0.29) is 0 Å². The van der Waals surface area contributed by atoms with Gasteiger partial charge in [-0.3, -0.25) is 4.68 Å². The first-order valence-corrected chi connectivity index (χ1v) is 4.82. The molecule has 1 N–H and O–H groups in total. The van der Waals surface area contributed by atoms with Gasteiger partial charge in [-0.15, -0.1) is 0 Å². The molecule has 0 atom stereocenters. The van der Waals surface area contributed by atoms with Gasteiger partial charge in [0.15, 0.2) is 5.82 Å². The van der Waals surface area contributed by atoms with Crippen LogP contribution in [0.1, 0.15) is 5.82 Å². The first-order chi connectivity index (χ1) is 7.25. The van der Waals surface area contributed by atoms with Crippen molar-refractivity contribution in [3.8, 4) is 0 Å². The molecule has 2 rings (SSSR count). The second kappa shape index (κ2) is 4.27. The predicted octanol–water partition coefficient (Wildman–Crippen LogP) is 1.48. The summed E-state index contributed by atoms with van der Waals surface area (Å²) in [6, 6.07) is 3.56. The highest BCUT2D eigenvalue weighted by atomic mass is 35.5. The molecular formula is C9H10ClN5. The minimum atomic E-state index is 0.511. The standard InChI is InChI=1S/C9H10ClN5/c1-15-6-13-8(14-15)5-12-9-7(10)3-2-4-11-9/h2-4,6H,5H2,1H3,(H,11,12). The van der Waals surface area contributed by atoms with Gasteiger partial charge in [-0.25, -0.2) is 9.97 Å².